The van der Waals surface area contributed by atoms with Gasteiger partial charge in [-0.15, -0.1) is 0 Å². The van der Waals surface area contributed by atoms with Crippen LogP contribution in [0.5, 0.6) is 0 Å². The van der Waals surface area contributed by atoms with Crippen molar-refractivity contribution < 1.29 is 9.72 Å². The fraction of sp³-hybridized carbons (Fsp3) is 0. The number of hydrogen-bond donors (Lipinski definition) is 0. The molecule has 1 aromatic heterocycles. The van der Waals surface area contributed by atoms with Gasteiger partial charge in [0.15, 0.2) is 5.78 Å². The summed E-state index contributed by atoms with van der Waals surface area (Å²) in [7, 11) is 0. The minimum absolute atomic E-state index is 0.125. The first-order chi connectivity index (χ1) is 9.18. The molecule has 0 radical (unpaired) electrons. The van der Waals surface area contributed by atoms with E-state index in [9.17, 15) is 14.9 Å². The number of ketones is 1. The lowest BCUT2D eigenvalue weighted by Gasteiger charge is -1.96. The maximum Gasteiger partial charge on any atom is 0.294 e. The number of allylic oxidation sites excluding steroid dienone is 1. The summed E-state index contributed by atoms with van der Waals surface area (Å²) in [5.74, 6) is -0.222. The first-order valence-corrected chi connectivity index (χ1v) is 5.55. The van der Waals surface area contributed by atoms with Gasteiger partial charge >= 0.3 is 0 Å². The number of benzene rings is 1. The van der Waals surface area contributed by atoms with Crippen LogP contribution < -0.4 is 0 Å². The summed E-state index contributed by atoms with van der Waals surface area (Å²) >= 11 is 0. The Hall–Kier alpha value is -2.82. The van der Waals surface area contributed by atoms with Crippen LogP contribution in [0.1, 0.15) is 16.1 Å². The van der Waals surface area contributed by atoms with Gasteiger partial charge in [-0.2, -0.15) is 0 Å². The lowest BCUT2D eigenvalue weighted by atomic mass is 10.1. The summed E-state index contributed by atoms with van der Waals surface area (Å²) < 4.78 is 0. The van der Waals surface area contributed by atoms with Crippen molar-refractivity contribution >= 4 is 17.5 Å². The van der Waals surface area contributed by atoms with E-state index in [4.69, 9.17) is 0 Å². The summed E-state index contributed by atoms with van der Waals surface area (Å²) in [5.41, 5.74) is 0.564. The smallest absolute Gasteiger partial charge is 0.289 e. The Kier molecular flexibility index (Phi) is 3.78. The lowest BCUT2D eigenvalue weighted by Crippen LogP contribution is -1.96. The average Bonchev–Trinajstić information content (AvgIpc) is 2.46. The summed E-state index contributed by atoms with van der Waals surface area (Å²) in [6.45, 7) is 0. The zero-order valence-electron chi connectivity index (χ0n) is 9.89. The first kappa shape index (κ1) is 12.6. The standard InChI is InChI=1S/C14H10N2O3/c17-14(11-5-2-1-3-6-11)9-8-12-13(16(18)19)7-4-10-15-12/h1-10H/b9-8+. The van der Waals surface area contributed by atoms with Crippen molar-refractivity contribution in [2.45, 2.75) is 0 Å². The zero-order chi connectivity index (χ0) is 13.7. The molecule has 5 nitrogen and oxygen atoms in total. The quantitative estimate of drug-likeness (QED) is 0.364. The third-order valence-electron chi connectivity index (χ3n) is 2.46. The first-order valence-electron chi connectivity index (χ1n) is 5.55. The van der Waals surface area contributed by atoms with Crippen molar-refractivity contribution in [3.63, 3.8) is 0 Å². The Bertz CT molecular complexity index is 636. The maximum absolute atomic E-state index is 11.8. The van der Waals surface area contributed by atoms with E-state index in [2.05, 4.69) is 4.98 Å². The Morgan fingerprint density at radius 2 is 1.89 bits per heavy atom. The van der Waals surface area contributed by atoms with Gasteiger partial charge in [0.25, 0.3) is 5.69 Å². The van der Waals surface area contributed by atoms with Crippen LogP contribution in [0.4, 0.5) is 5.69 Å². The molecule has 0 saturated carbocycles. The highest BCUT2D eigenvalue weighted by molar-refractivity contribution is 6.06. The highest BCUT2D eigenvalue weighted by atomic mass is 16.6. The van der Waals surface area contributed by atoms with Gasteiger partial charge in [-0.25, -0.2) is 4.98 Å². The molecular weight excluding hydrogens is 244 g/mol. The second-order valence-electron chi connectivity index (χ2n) is 3.73. The van der Waals surface area contributed by atoms with Crippen LogP contribution >= 0.6 is 0 Å². The highest BCUT2D eigenvalue weighted by Gasteiger charge is 2.11. The van der Waals surface area contributed by atoms with Gasteiger partial charge < -0.3 is 0 Å². The van der Waals surface area contributed by atoms with Crippen molar-refractivity contribution in [2.24, 2.45) is 0 Å². The molecule has 1 heterocycles. The van der Waals surface area contributed by atoms with Gasteiger partial charge in [0, 0.05) is 17.8 Å². The molecule has 0 bridgehead atoms. The third-order valence-corrected chi connectivity index (χ3v) is 2.46. The van der Waals surface area contributed by atoms with Crippen LogP contribution in [0.2, 0.25) is 0 Å². The summed E-state index contributed by atoms with van der Waals surface area (Å²) in [4.78, 5) is 26.0. The summed E-state index contributed by atoms with van der Waals surface area (Å²) in [5, 5.41) is 10.8. The number of nitrogens with zero attached hydrogens (tertiary/aromatic N) is 2. The Labute approximate surface area is 109 Å². The number of hydrogen-bond acceptors (Lipinski definition) is 4. The van der Waals surface area contributed by atoms with E-state index < -0.39 is 4.92 Å². The van der Waals surface area contributed by atoms with Crippen LogP contribution in [0.15, 0.2) is 54.7 Å². The van der Waals surface area contributed by atoms with Crippen molar-refractivity contribution in [1.82, 2.24) is 4.98 Å². The molecule has 2 rings (SSSR count). The maximum atomic E-state index is 11.8. The second kappa shape index (κ2) is 5.68. The minimum Gasteiger partial charge on any atom is -0.289 e. The summed E-state index contributed by atoms with van der Waals surface area (Å²) in [6.07, 6.45) is 4.08. The predicted octanol–water partition coefficient (Wildman–Crippen LogP) is 2.89. The molecule has 5 heteroatoms. The van der Waals surface area contributed by atoms with Gasteiger partial charge in [0.2, 0.25) is 0 Å². The number of carbonyl (C=O) groups excluding carboxylic acids is 1. The predicted molar refractivity (Wildman–Crippen MR) is 70.7 cm³/mol. The molecule has 2 aromatic rings. The van der Waals surface area contributed by atoms with E-state index in [1.807, 2.05) is 6.07 Å². The summed E-state index contributed by atoms with van der Waals surface area (Å²) in [6, 6.07) is 11.5. The largest absolute Gasteiger partial charge is 0.294 e. The molecule has 0 saturated heterocycles. The average molecular weight is 254 g/mol. The molecule has 0 aliphatic carbocycles. The fourth-order valence-corrected chi connectivity index (χ4v) is 1.55. The normalized spacial score (nSPS) is 10.5. The van der Waals surface area contributed by atoms with Gasteiger partial charge in [-0.3, -0.25) is 14.9 Å². The molecule has 94 valence electrons. The number of carbonyl (C=O) groups is 1. The minimum atomic E-state index is -0.528. The molecular formula is C14H10N2O3. The van der Waals surface area contributed by atoms with E-state index in [-0.39, 0.29) is 17.2 Å². The molecule has 0 unspecified atom stereocenters. The van der Waals surface area contributed by atoms with Gasteiger partial charge in [0.05, 0.1) is 4.92 Å². The highest BCUT2D eigenvalue weighted by Crippen LogP contribution is 2.16. The lowest BCUT2D eigenvalue weighted by molar-refractivity contribution is -0.385. The van der Waals surface area contributed by atoms with Crippen molar-refractivity contribution in [3.8, 4) is 0 Å². The Morgan fingerprint density at radius 1 is 1.16 bits per heavy atom. The molecule has 0 aliphatic heterocycles. The van der Waals surface area contributed by atoms with Gasteiger partial charge in [-0.05, 0) is 18.2 Å². The second-order valence-corrected chi connectivity index (χ2v) is 3.73. The molecule has 0 spiro atoms. The van der Waals surface area contributed by atoms with Crippen molar-refractivity contribution in [3.05, 3.63) is 76.1 Å². The third kappa shape index (κ3) is 3.10. The number of aromatic nitrogens is 1. The molecule has 0 amide bonds. The van der Waals surface area contributed by atoms with E-state index in [0.29, 0.717) is 5.56 Å². The van der Waals surface area contributed by atoms with E-state index in [1.165, 1.54) is 30.5 Å². The molecule has 0 aliphatic rings. The van der Waals surface area contributed by atoms with E-state index >= 15 is 0 Å². The SMILES string of the molecule is O=C(/C=C/c1ncccc1[N+](=O)[O-])c1ccccc1. The van der Waals surface area contributed by atoms with Crippen LogP contribution in [-0.2, 0) is 0 Å². The van der Waals surface area contributed by atoms with E-state index in [0.717, 1.165) is 0 Å². The molecule has 0 atom stereocenters. The zero-order valence-corrected chi connectivity index (χ0v) is 9.89. The molecule has 0 fully saturated rings. The van der Waals surface area contributed by atoms with Crippen LogP contribution in [0.3, 0.4) is 0 Å². The van der Waals surface area contributed by atoms with Crippen LogP contribution in [0.25, 0.3) is 6.08 Å². The van der Waals surface area contributed by atoms with Crippen LogP contribution in [0, 0.1) is 10.1 Å². The number of rotatable bonds is 4. The van der Waals surface area contributed by atoms with Crippen molar-refractivity contribution in [1.29, 1.82) is 0 Å². The van der Waals surface area contributed by atoms with Crippen molar-refractivity contribution in [2.75, 3.05) is 0 Å². The molecule has 1 aromatic carbocycles. The number of nitro groups is 1. The molecule has 19 heavy (non-hydrogen) atoms. The fourth-order valence-electron chi connectivity index (χ4n) is 1.55. The monoisotopic (exact) mass is 254 g/mol. The number of pyridine rings is 1. The van der Waals surface area contributed by atoms with Gasteiger partial charge in [-0.1, -0.05) is 30.3 Å². The molecule has 0 N–H and O–H groups in total. The van der Waals surface area contributed by atoms with Gasteiger partial charge in [0.1, 0.15) is 5.69 Å². The topological polar surface area (TPSA) is 73.1 Å². The van der Waals surface area contributed by atoms with E-state index in [1.54, 1.807) is 24.3 Å². The van der Waals surface area contributed by atoms with Crippen LogP contribution in [-0.4, -0.2) is 15.7 Å². The Morgan fingerprint density at radius 3 is 2.58 bits per heavy atom. The Balaban J connectivity index is 2.24.